The first-order valence-corrected chi connectivity index (χ1v) is 9.58. The molecular weight excluding hydrogens is 425 g/mol. The third kappa shape index (κ3) is 14.6. The number of aliphatic hydroxyl groups is 2. The lowest BCUT2D eigenvalue weighted by molar-refractivity contribution is -0.0901. The van der Waals surface area contributed by atoms with E-state index in [0.717, 1.165) is 37.9 Å². The van der Waals surface area contributed by atoms with E-state index < -0.39 is 0 Å². The summed E-state index contributed by atoms with van der Waals surface area (Å²) in [7, 11) is 3.44. The lowest BCUT2D eigenvalue weighted by Crippen LogP contribution is -2.20. The molecular formula is C18H39F3N4O6. The average Bonchev–Trinajstić information content (AvgIpc) is 2.75. The van der Waals surface area contributed by atoms with E-state index in [1.54, 1.807) is 24.9 Å². The van der Waals surface area contributed by atoms with Crippen molar-refractivity contribution in [1.82, 2.24) is 15.3 Å². The van der Waals surface area contributed by atoms with Crippen molar-refractivity contribution in [2.75, 3.05) is 45.8 Å². The zero-order chi connectivity index (χ0) is 21.9. The molecule has 1 atom stereocenters. The Kier molecular flexibility index (Phi) is 24.5. The van der Waals surface area contributed by atoms with Gasteiger partial charge in [-0.1, -0.05) is 0 Å². The van der Waals surface area contributed by atoms with Gasteiger partial charge in [-0.05, 0) is 37.7 Å². The summed E-state index contributed by atoms with van der Waals surface area (Å²) < 4.78 is 18.2. The maximum atomic E-state index is 11.5. The summed E-state index contributed by atoms with van der Waals surface area (Å²) in [6.07, 6.45) is 6.22. The van der Waals surface area contributed by atoms with Crippen molar-refractivity contribution in [2.24, 2.45) is 5.92 Å². The Hall–Kier alpha value is -2.06. The molecule has 0 aromatic carbocycles. The molecule has 1 aliphatic rings. The number of H-pyrrole nitrogens is 1. The molecule has 2 rings (SSSR count). The smallest absolute Gasteiger partial charge is 0.171 e. The van der Waals surface area contributed by atoms with Crippen LogP contribution in [-0.4, -0.2) is 72.0 Å². The summed E-state index contributed by atoms with van der Waals surface area (Å²) >= 11 is 0. The number of aryl methyl sites for hydroxylation is 1. The molecule has 1 aromatic heterocycles. The van der Waals surface area contributed by atoms with Gasteiger partial charge in [-0.25, -0.2) is 5.48 Å². The summed E-state index contributed by atoms with van der Waals surface area (Å²) in [5.41, 5.74) is 2.59. The quantitative estimate of drug-likeness (QED) is 0.166. The second-order valence-electron chi connectivity index (χ2n) is 6.29. The number of halogens is 3. The van der Waals surface area contributed by atoms with Crippen LogP contribution in [0.1, 0.15) is 44.0 Å². The topological polar surface area (TPSA) is 141 Å². The van der Waals surface area contributed by atoms with E-state index in [1.807, 2.05) is 5.48 Å². The molecule has 0 aliphatic heterocycles. The van der Waals surface area contributed by atoms with Gasteiger partial charge in [0.25, 0.3) is 0 Å². The van der Waals surface area contributed by atoms with Crippen molar-refractivity contribution in [3.63, 3.8) is 0 Å². The number of hydrogen-bond acceptors (Lipinski definition) is 8. The molecule has 0 bridgehead atoms. The number of hydroxylamine groups is 1. The summed E-state index contributed by atoms with van der Waals surface area (Å²) in [5, 5.41) is 30.5. The minimum Gasteiger partial charge on any atom is -0.396 e. The van der Waals surface area contributed by atoms with Gasteiger partial charge in [0.2, 0.25) is 0 Å². The predicted molar refractivity (Wildman–Crippen MR) is 114 cm³/mol. The Morgan fingerprint density at radius 3 is 2.48 bits per heavy atom. The van der Waals surface area contributed by atoms with Gasteiger partial charge < -0.3 is 25.5 Å². The Labute approximate surface area is 181 Å². The van der Waals surface area contributed by atoms with E-state index in [2.05, 4.69) is 15.4 Å². The van der Waals surface area contributed by atoms with Gasteiger partial charge in [-0.15, -0.1) is 0 Å². The number of aliphatic hydroxyl groups excluding tert-OH is 2. The van der Waals surface area contributed by atoms with Gasteiger partial charge in [-0.3, -0.25) is 28.9 Å². The fraction of sp³-hybridized carbons (Fsp3) is 0.722. The monoisotopic (exact) mass is 464 g/mol. The number of aromatic amines is 1. The van der Waals surface area contributed by atoms with E-state index >= 15 is 0 Å². The first-order valence-electron chi connectivity index (χ1n) is 9.58. The minimum absolute atomic E-state index is 0. The van der Waals surface area contributed by atoms with Crippen LogP contribution in [-0.2, 0) is 16.2 Å². The Morgan fingerprint density at radius 2 is 2.10 bits per heavy atom. The van der Waals surface area contributed by atoms with Gasteiger partial charge >= 0.3 is 0 Å². The van der Waals surface area contributed by atoms with Crippen LogP contribution in [0, 0.1) is 5.92 Å². The number of rotatable bonds is 11. The highest BCUT2D eigenvalue weighted by Gasteiger charge is 2.14. The molecule has 0 spiro atoms. The van der Waals surface area contributed by atoms with Gasteiger partial charge in [0.1, 0.15) is 17.3 Å². The number of hydrogen-bond donors (Lipinski definition) is 6. The predicted octanol–water partition coefficient (Wildman–Crippen LogP) is 2.17. The number of carbonyl (C=O) groups excluding carboxylic acids is 1. The number of ether oxygens (including phenoxy) is 1. The Morgan fingerprint density at radius 1 is 1.39 bits per heavy atom. The second-order valence-corrected chi connectivity index (χ2v) is 6.29. The SMILES string of the molecule is CNc1[nH]n(CCCOC)c1C=O.F.F.OCC1CC=C(OF)CC1.OCCCNO.[HH]. The molecule has 6 N–H and O–H groups in total. The molecule has 1 heterocycles. The highest BCUT2D eigenvalue weighted by molar-refractivity contribution is 5.80. The van der Waals surface area contributed by atoms with E-state index in [1.165, 1.54) is 0 Å². The third-order valence-electron chi connectivity index (χ3n) is 4.17. The number of methoxy groups -OCH3 is 1. The van der Waals surface area contributed by atoms with Gasteiger partial charge in [0.05, 0.1) is 0 Å². The number of aldehydes is 1. The molecule has 0 amide bonds. The molecule has 188 valence electrons. The van der Waals surface area contributed by atoms with Crippen molar-refractivity contribution in [1.29, 1.82) is 0 Å². The summed E-state index contributed by atoms with van der Waals surface area (Å²) in [4.78, 5) is 14.2. The number of anilines is 1. The standard InChI is InChI=1S/C8H15N3O2.C7H11FO2.C3H9NO2.2FH.H2/c1-9-8-7(6-12)11(10-8)4-3-5-13-2;8-10-7-3-1-6(5-9)2-4-7;5-3-1-2-4-6;;;/h6,9-10H,3-5H2,1-2H3;3,6,9H,1-2,4-5H2;4-6H,1-3H2;3*1H. The lowest BCUT2D eigenvalue weighted by Gasteiger charge is -2.19. The molecule has 0 radical (unpaired) electrons. The van der Waals surface area contributed by atoms with Crippen LogP contribution in [0.2, 0.25) is 0 Å². The molecule has 1 unspecified atom stereocenters. The second kappa shape index (κ2) is 22.6. The number of aromatic nitrogens is 2. The molecule has 0 fully saturated rings. The number of carbonyl (C=O) groups is 1. The highest BCUT2D eigenvalue weighted by Crippen LogP contribution is 2.23. The lowest BCUT2D eigenvalue weighted by atomic mass is 9.94. The fourth-order valence-corrected chi connectivity index (χ4v) is 2.44. The van der Waals surface area contributed by atoms with Gasteiger partial charge in [0.15, 0.2) is 6.29 Å². The zero-order valence-electron chi connectivity index (χ0n) is 18.0. The van der Waals surface area contributed by atoms with Gasteiger partial charge in [0, 0.05) is 59.4 Å². The largest absolute Gasteiger partial charge is 0.396 e. The van der Waals surface area contributed by atoms with Crippen LogP contribution in [0.15, 0.2) is 11.8 Å². The number of nitrogens with one attached hydrogen (secondary N) is 3. The zero-order valence-corrected chi connectivity index (χ0v) is 18.0. The van der Waals surface area contributed by atoms with Crippen molar-refractivity contribution in [3.8, 4) is 0 Å². The first kappa shape index (κ1) is 33.6. The van der Waals surface area contributed by atoms with Crippen molar-refractivity contribution in [3.05, 3.63) is 17.5 Å². The average molecular weight is 465 g/mol. The van der Waals surface area contributed by atoms with Crippen LogP contribution < -0.4 is 10.8 Å². The summed E-state index contributed by atoms with van der Waals surface area (Å²) in [6, 6.07) is 0. The summed E-state index contributed by atoms with van der Waals surface area (Å²) in [6.45, 7) is 2.28. The third-order valence-corrected chi connectivity index (χ3v) is 4.17. The fourth-order valence-electron chi connectivity index (χ4n) is 2.44. The van der Waals surface area contributed by atoms with Crippen LogP contribution in [0.4, 0.5) is 19.8 Å². The summed E-state index contributed by atoms with van der Waals surface area (Å²) in [5.74, 6) is 1.50. The van der Waals surface area contributed by atoms with Crippen molar-refractivity contribution >= 4 is 12.1 Å². The minimum atomic E-state index is 0. The van der Waals surface area contributed by atoms with Crippen LogP contribution >= 0.6 is 0 Å². The molecule has 10 nitrogen and oxygen atoms in total. The Balaban J connectivity index is -0.000000186. The van der Waals surface area contributed by atoms with E-state index in [0.29, 0.717) is 43.4 Å². The van der Waals surface area contributed by atoms with E-state index in [4.69, 9.17) is 20.2 Å². The number of allylic oxidation sites excluding steroid dienone is 2. The Bertz CT molecular complexity index is 560. The van der Waals surface area contributed by atoms with Crippen molar-refractivity contribution < 1.29 is 45.3 Å². The van der Waals surface area contributed by atoms with Crippen LogP contribution in [0.25, 0.3) is 0 Å². The molecule has 1 aliphatic carbocycles. The van der Waals surface area contributed by atoms with E-state index in [9.17, 15) is 9.32 Å². The molecule has 0 saturated carbocycles. The van der Waals surface area contributed by atoms with E-state index in [-0.39, 0.29) is 24.0 Å². The van der Waals surface area contributed by atoms with Crippen LogP contribution in [0.5, 0.6) is 0 Å². The highest BCUT2D eigenvalue weighted by atomic mass is 19.3. The molecule has 0 saturated heterocycles. The molecule has 13 heteroatoms. The van der Waals surface area contributed by atoms with Gasteiger partial charge in [-0.2, -0.15) is 0 Å². The molecule has 1 aromatic rings. The normalized spacial score (nSPS) is 14.4. The van der Waals surface area contributed by atoms with Crippen LogP contribution in [0.3, 0.4) is 0 Å². The first-order chi connectivity index (χ1) is 14.1. The molecule has 31 heavy (non-hydrogen) atoms. The maximum Gasteiger partial charge on any atom is 0.171 e. The maximum absolute atomic E-state index is 11.5. The number of nitrogens with zero attached hydrogens (tertiary/aromatic N) is 1. The van der Waals surface area contributed by atoms with Crippen molar-refractivity contribution in [2.45, 2.75) is 38.6 Å².